The van der Waals surface area contributed by atoms with E-state index >= 15 is 0 Å². The molecule has 0 aliphatic carbocycles. The molecule has 2 aromatic rings. The van der Waals surface area contributed by atoms with Gasteiger partial charge in [-0.05, 0) is 59.4 Å². The molecule has 226 valence electrons. The number of benzene rings is 2. The van der Waals surface area contributed by atoms with E-state index in [1.807, 2.05) is 42.5 Å². The van der Waals surface area contributed by atoms with Crippen molar-refractivity contribution in [3.8, 4) is 5.75 Å². The quantitative estimate of drug-likeness (QED) is 0.0827. The van der Waals surface area contributed by atoms with Crippen molar-refractivity contribution in [2.75, 3.05) is 25.5 Å². The van der Waals surface area contributed by atoms with E-state index in [0.717, 1.165) is 23.1 Å². The normalized spacial score (nSPS) is 14.8. The summed E-state index contributed by atoms with van der Waals surface area (Å²) in [6.45, 7) is 17.8. The molecular formula is C34H49NO5S. The lowest BCUT2D eigenvalue weighted by Crippen LogP contribution is -2.35. The summed E-state index contributed by atoms with van der Waals surface area (Å²) in [4.78, 5) is 24.7. The highest BCUT2D eigenvalue weighted by Gasteiger charge is 2.33. The minimum atomic E-state index is -0.585. The Morgan fingerprint density at radius 2 is 1.61 bits per heavy atom. The fourth-order valence-electron chi connectivity index (χ4n) is 5.24. The lowest BCUT2D eigenvalue weighted by atomic mass is 9.66. The number of hydrogen-bond donors (Lipinski definition) is 1. The minimum absolute atomic E-state index is 0.0403. The second-order valence-corrected chi connectivity index (χ2v) is 12.0. The molecule has 0 aliphatic rings. The first-order chi connectivity index (χ1) is 19.7. The third-order valence-electron chi connectivity index (χ3n) is 7.68. The van der Waals surface area contributed by atoms with E-state index in [0.29, 0.717) is 35.3 Å². The van der Waals surface area contributed by atoms with Crippen LogP contribution in [-0.2, 0) is 14.3 Å². The number of esters is 1. The summed E-state index contributed by atoms with van der Waals surface area (Å²) >= 11 is 1.60. The summed E-state index contributed by atoms with van der Waals surface area (Å²) in [5.74, 6) is 3.65. The SMILES string of the molecule is C=CC(=O)OCCNC(=O)OC(COc1ccc(C(C(C)CC)C(C(C)C)C(C)CC)cc1)CSc1ccccc1. The maximum Gasteiger partial charge on any atom is 0.407 e. The number of hydrogen-bond acceptors (Lipinski definition) is 6. The van der Waals surface area contributed by atoms with E-state index in [4.69, 9.17) is 14.2 Å². The Morgan fingerprint density at radius 3 is 2.20 bits per heavy atom. The number of thioether (sulfide) groups is 1. The highest BCUT2D eigenvalue weighted by atomic mass is 32.2. The molecule has 6 nitrogen and oxygen atoms in total. The van der Waals surface area contributed by atoms with E-state index in [1.165, 1.54) is 12.0 Å². The maximum absolute atomic E-state index is 12.4. The fraction of sp³-hybridized carbons (Fsp3) is 0.529. The number of ether oxygens (including phenoxy) is 3. The van der Waals surface area contributed by atoms with Crippen LogP contribution in [0.4, 0.5) is 4.79 Å². The lowest BCUT2D eigenvalue weighted by molar-refractivity contribution is -0.137. The molecule has 0 heterocycles. The van der Waals surface area contributed by atoms with Crippen LogP contribution in [0.5, 0.6) is 5.75 Å². The Bertz CT molecular complexity index is 1040. The Balaban J connectivity index is 2.08. The van der Waals surface area contributed by atoms with Crippen LogP contribution in [0, 0.1) is 23.7 Å². The van der Waals surface area contributed by atoms with Gasteiger partial charge in [0, 0.05) is 16.7 Å². The summed E-state index contributed by atoms with van der Waals surface area (Å²) < 4.78 is 16.7. The summed E-state index contributed by atoms with van der Waals surface area (Å²) in [6, 6.07) is 18.4. The van der Waals surface area contributed by atoms with Gasteiger partial charge in [0.15, 0.2) is 0 Å². The van der Waals surface area contributed by atoms with Gasteiger partial charge >= 0.3 is 12.1 Å². The van der Waals surface area contributed by atoms with Crippen LogP contribution in [0.3, 0.4) is 0 Å². The second-order valence-electron chi connectivity index (χ2n) is 10.9. The van der Waals surface area contributed by atoms with Gasteiger partial charge in [0.05, 0.1) is 6.54 Å². The third kappa shape index (κ3) is 11.8. The van der Waals surface area contributed by atoms with E-state index < -0.39 is 18.2 Å². The first-order valence-electron chi connectivity index (χ1n) is 14.8. The van der Waals surface area contributed by atoms with Crippen LogP contribution in [0.2, 0.25) is 0 Å². The number of nitrogens with one attached hydrogen (secondary N) is 1. The molecule has 0 aromatic heterocycles. The molecule has 7 heteroatoms. The van der Waals surface area contributed by atoms with Crippen molar-refractivity contribution in [1.82, 2.24) is 5.32 Å². The smallest absolute Gasteiger partial charge is 0.407 e. The Labute approximate surface area is 251 Å². The fourth-order valence-corrected chi connectivity index (χ4v) is 6.13. The van der Waals surface area contributed by atoms with Gasteiger partial charge in [-0.1, -0.05) is 91.3 Å². The maximum atomic E-state index is 12.4. The van der Waals surface area contributed by atoms with Gasteiger partial charge in [0.25, 0.3) is 0 Å². The van der Waals surface area contributed by atoms with Gasteiger partial charge < -0.3 is 19.5 Å². The summed E-state index contributed by atoms with van der Waals surface area (Å²) in [7, 11) is 0. The number of alkyl carbamates (subject to hydrolysis) is 1. The largest absolute Gasteiger partial charge is 0.490 e. The molecule has 5 unspecified atom stereocenters. The highest BCUT2D eigenvalue weighted by Crippen LogP contribution is 2.43. The molecule has 0 spiro atoms. The van der Waals surface area contributed by atoms with E-state index in [9.17, 15) is 9.59 Å². The summed E-state index contributed by atoms with van der Waals surface area (Å²) in [5, 5.41) is 2.62. The highest BCUT2D eigenvalue weighted by molar-refractivity contribution is 7.99. The molecule has 2 rings (SSSR count). The molecule has 0 saturated carbocycles. The molecule has 1 N–H and O–H groups in total. The predicted octanol–water partition coefficient (Wildman–Crippen LogP) is 8.13. The van der Waals surface area contributed by atoms with Crippen LogP contribution in [-0.4, -0.2) is 43.7 Å². The van der Waals surface area contributed by atoms with E-state index in [1.54, 1.807) is 11.8 Å². The van der Waals surface area contributed by atoms with Crippen LogP contribution in [0.1, 0.15) is 65.9 Å². The average Bonchev–Trinajstić information content (AvgIpc) is 2.99. The van der Waals surface area contributed by atoms with Crippen molar-refractivity contribution >= 4 is 23.8 Å². The van der Waals surface area contributed by atoms with Crippen molar-refractivity contribution < 1.29 is 23.8 Å². The zero-order chi connectivity index (χ0) is 30.2. The molecule has 2 aromatic carbocycles. The molecule has 0 bridgehead atoms. The van der Waals surface area contributed by atoms with Crippen LogP contribution < -0.4 is 10.1 Å². The van der Waals surface area contributed by atoms with E-state index in [-0.39, 0.29) is 19.8 Å². The number of carbonyl (C=O) groups excluding carboxylic acids is 2. The standard InChI is InChI=1S/C34H49NO5S/c1-8-25(6)32(24(4)5)33(26(7)9-2)27-16-18-28(19-17-27)39-22-29(23-41-30-14-12-11-13-15-30)40-34(37)35-20-21-38-31(36)10-3/h10-19,24-26,29,32-33H,3,8-9,20-23H2,1-2,4-7H3,(H,35,37). The monoisotopic (exact) mass is 583 g/mol. The Hall–Kier alpha value is -2.93. The van der Waals surface area contributed by atoms with Crippen molar-refractivity contribution in [2.24, 2.45) is 23.7 Å². The van der Waals surface area contributed by atoms with Crippen LogP contribution >= 0.6 is 11.8 Å². The van der Waals surface area contributed by atoms with Crippen LogP contribution in [0.15, 0.2) is 72.1 Å². The zero-order valence-corrected chi connectivity index (χ0v) is 26.5. The Kier molecular flexibility index (Phi) is 15.5. The van der Waals surface area contributed by atoms with Gasteiger partial charge in [0.2, 0.25) is 0 Å². The average molecular weight is 584 g/mol. The lowest BCUT2D eigenvalue weighted by Gasteiger charge is -2.38. The number of rotatable bonds is 18. The van der Waals surface area contributed by atoms with Crippen molar-refractivity contribution in [2.45, 2.75) is 71.3 Å². The second kappa shape index (κ2) is 18.5. The molecule has 0 radical (unpaired) electrons. The molecule has 1 amide bonds. The summed E-state index contributed by atoms with van der Waals surface area (Å²) in [6.07, 6.45) is 2.32. The number of amides is 1. The molecule has 5 atom stereocenters. The van der Waals surface area contributed by atoms with Crippen molar-refractivity contribution in [3.05, 3.63) is 72.8 Å². The van der Waals surface area contributed by atoms with Gasteiger partial charge in [-0.25, -0.2) is 9.59 Å². The molecular weight excluding hydrogens is 534 g/mol. The van der Waals surface area contributed by atoms with Crippen LogP contribution in [0.25, 0.3) is 0 Å². The molecule has 41 heavy (non-hydrogen) atoms. The van der Waals surface area contributed by atoms with Gasteiger partial charge in [-0.2, -0.15) is 0 Å². The Morgan fingerprint density at radius 1 is 0.951 bits per heavy atom. The predicted molar refractivity (Wildman–Crippen MR) is 169 cm³/mol. The van der Waals surface area contributed by atoms with Gasteiger partial charge in [0.1, 0.15) is 25.1 Å². The van der Waals surface area contributed by atoms with Crippen molar-refractivity contribution in [3.63, 3.8) is 0 Å². The summed E-state index contributed by atoms with van der Waals surface area (Å²) in [5.41, 5.74) is 1.36. The van der Waals surface area contributed by atoms with Gasteiger partial charge in [-0.3, -0.25) is 0 Å². The molecule has 0 fully saturated rings. The molecule has 0 saturated heterocycles. The zero-order valence-electron chi connectivity index (χ0n) is 25.6. The third-order valence-corrected chi connectivity index (χ3v) is 8.82. The number of carbonyl (C=O) groups is 2. The van der Waals surface area contributed by atoms with Crippen molar-refractivity contribution in [1.29, 1.82) is 0 Å². The van der Waals surface area contributed by atoms with E-state index in [2.05, 4.69) is 65.6 Å². The first-order valence-corrected chi connectivity index (χ1v) is 15.8. The minimum Gasteiger partial charge on any atom is -0.490 e. The first kappa shape index (κ1) is 34.3. The van der Waals surface area contributed by atoms with Gasteiger partial charge in [-0.15, -0.1) is 11.8 Å². The topological polar surface area (TPSA) is 73.9 Å². The molecule has 0 aliphatic heterocycles.